The lowest BCUT2D eigenvalue weighted by atomic mass is 9.90. The van der Waals surface area contributed by atoms with E-state index in [-0.39, 0.29) is 30.0 Å². The number of piperidine rings is 1. The van der Waals surface area contributed by atoms with Crippen molar-refractivity contribution in [3.63, 3.8) is 0 Å². The van der Waals surface area contributed by atoms with Gasteiger partial charge in [-0.15, -0.1) is 0 Å². The lowest BCUT2D eigenvalue weighted by Gasteiger charge is -2.36. The molecule has 1 atom stereocenters. The fourth-order valence-electron chi connectivity index (χ4n) is 5.76. The number of carbonyl (C=O) groups is 2. The van der Waals surface area contributed by atoms with Crippen molar-refractivity contribution in [2.24, 2.45) is 5.92 Å². The number of hydrogen-bond acceptors (Lipinski definition) is 5. The zero-order valence-corrected chi connectivity index (χ0v) is 23.0. The summed E-state index contributed by atoms with van der Waals surface area (Å²) >= 11 is 0. The second-order valence-electron chi connectivity index (χ2n) is 10.3. The van der Waals surface area contributed by atoms with Gasteiger partial charge in [0.25, 0.3) is 11.5 Å². The third-order valence-electron chi connectivity index (χ3n) is 7.78. The number of aryl methyl sites for hydroxylation is 1. The maximum Gasteiger partial charge on any atom is 0.256 e. The smallest absolute Gasteiger partial charge is 0.256 e. The average molecular weight is 522 g/mol. The second-order valence-corrected chi connectivity index (χ2v) is 10.3. The molecule has 1 aromatic carbocycles. The van der Waals surface area contributed by atoms with Crippen molar-refractivity contribution in [2.75, 3.05) is 33.3 Å². The molecule has 2 aromatic heterocycles. The van der Waals surface area contributed by atoms with Gasteiger partial charge in [-0.05, 0) is 64.8 Å². The summed E-state index contributed by atoms with van der Waals surface area (Å²) in [5, 5.41) is 6.75. The third-order valence-corrected chi connectivity index (χ3v) is 7.78. The number of ether oxygens (including phenoxy) is 1. The highest BCUT2D eigenvalue weighted by Crippen LogP contribution is 2.35. The maximum atomic E-state index is 13.5. The number of fused-ring (bicyclic) bond motifs is 1. The van der Waals surface area contributed by atoms with Crippen LogP contribution in [0, 0.1) is 19.8 Å². The zero-order valence-electron chi connectivity index (χ0n) is 23.0. The summed E-state index contributed by atoms with van der Waals surface area (Å²) in [6.45, 7) is 11.2. The number of amides is 2. The number of benzene rings is 1. The van der Waals surface area contributed by atoms with Crippen molar-refractivity contribution in [3.8, 4) is 5.75 Å². The third kappa shape index (κ3) is 5.78. The Hall–Kier alpha value is -3.59. The van der Waals surface area contributed by atoms with E-state index in [0.717, 1.165) is 49.1 Å². The maximum absolute atomic E-state index is 13.5. The van der Waals surface area contributed by atoms with Crippen molar-refractivity contribution < 1.29 is 14.3 Å². The highest BCUT2D eigenvalue weighted by atomic mass is 16.5. The fraction of sp³-hybridized carbons (Fsp3) is 0.483. The fourth-order valence-corrected chi connectivity index (χ4v) is 5.76. The Labute approximate surface area is 223 Å². The van der Waals surface area contributed by atoms with Crippen LogP contribution in [0.1, 0.15) is 60.0 Å². The van der Waals surface area contributed by atoms with Crippen LogP contribution in [0.25, 0.3) is 10.9 Å². The number of pyridine rings is 1. The Bertz CT molecular complexity index is 1370. The van der Waals surface area contributed by atoms with Crippen molar-refractivity contribution >= 4 is 22.7 Å². The van der Waals surface area contributed by atoms with Crippen LogP contribution in [-0.2, 0) is 11.3 Å². The first-order valence-corrected chi connectivity index (χ1v) is 13.3. The summed E-state index contributed by atoms with van der Waals surface area (Å²) in [6.07, 6.45) is 2.12. The minimum atomic E-state index is -0.265. The molecule has 9 nitrogen and oxygen atoms in total. The predicted molar refractivity (Wildman–Crippen MR) is 149 cm³/mol. The predicted octanol–water partition coefficient (Wildman–Crippen LogP) is 3.29. The monoisotopic (exact) mass is 521 g/mol. The molecule has 0 spiro atoms. The molecule has 204 valence electrons. The van der Waals surface area contributed by atoms with Gasteiger partial charge in [-0.2, -0.15) is 0 Å². The van der Waals surface area contributed by atoms with Crippen LogP contribution in [-0.4, -0.2) is 59.6 Å². The number of nitrogens with one attached hydrogen (secondary N) is 3. The first-order chi connectivity index (χ1) is 18.2. The van der Waals surface area contributed by atoms with E-state index >= 15 is 0 Å². The Morgan fingerprint density at radius 2 is 1.87 bits per heavy atom. The molecular weight excluding hydrogens is 482 g/mol. The van der Waals surface area contributed by atoms with Crippen molar-refractivity contribution in [3.05, 3.63) is 63.2 Å². The zero-order chi connectivity index (χ0) is 27.4. The van der Waals surface area contributed by atoms with Gasteiger partial charge >= 0.3 is 0 Å². The summed E-state index contributed by atoms with van der Waals surface area (Å²) < 4.78 is 7.69. The Kier molecular flexibility index (Phi) is 8.56. The van der Waals surface area contributed by atoms with Crippen LogP contribution in [0.3, 0.4) is 0 Å². The molecule has 1 saturated heterocycles. The number of aromatic amines is 1. The molecule has 3 heterocycles. The Morgan fingerprint density at radius 1 is 1.16 bits per heavy atom. The molecule has 1 fully saturated rings. The minimum absolute atomic E-state index is 0.00751. The first kappa shape index (κ1) is 27.4. The molecule has 0 bridgehead atoms. The van der Waals surface area contributed by atoms with Crippen LogP contribution in [0.5, 0.6) is 5.75 Å². The van der Waals surface area contributed by atoms with E-state index in [4.69, 9.17) is 4.74 Å². The van der Waals surface area contributed by atoms with Gasteiger partial charge in [-0.25, -0.2) is 0 Å². The molecule has 3 N–H and O–H groups in total. The number of hydrogen-bond donors (Lipinski definition) is 3. The molecule has 0 saturated carbocycles. The van der Waals surface area contributed by atoms with E-state index in [9.17, 15) is 14.4 Å². The van der Waals surface area contributed by atoms with Crippen LogP contribution in [0.15, 0.2) is 35.1 Å². The lowest BCUT2D eigenvalue weighted by Crippen LogP contribution is -2.40. The molecule has 1 unspecified atom stereocenters. The van der Waals surface area contributed by atoms with Crippen LogP contribution >= 0.6 is 0 Å². The summed E-state index contributed by atoms with van der Waals surface area (Å²) in [7, 11) is 1.52. The molecule has 0 radical (unpaired) electrons. The number of nitrogens with zero attached hydrogens (tertiary/aromatic N) is 2. The van der Waals surface area contributed by atoms with Crippen molar-refractivity contribution in [2.45, 2.75) is 53.1 Å². The standard InChI is InChI=1S/C29H39N5O4/c1-18-16-26(38-5)24(28(36)32-18)17-31-29(37)27-20(3)34(25-9-7-6-8-23(25)27)19(2)22-10-13-33(14-11-22)15-12-30-21(4)35/h6-9,16,19,22H,10-15,17H2,1-5H3,(H,30,35)(H,31,37)(H,32,36). The molecule has 2 amide bonds. The number of H-pyrrole nitrogens is 1. The summed E-state index contributed by atoms with van der Waals surface area (Å²) in [5.41, 5.74) is 3.44. The van der Waals surface area contributed by atoms with E-state index in [2.05, 4.69) is 38.1 Å². The number of methoxy groups -OCH3 is 1. The number of rotatable bonds is 9. The molecule has 0 aliphatic carbocycles. The largest absolute Gasteiger partial charge is 0.496 e. The molecule has 38 heavy (non-hydrogen) atoms. The van der Waals surface area contributed by atoms with Gasteiger partial charge in [-0.3, -0.25) is 14.4 Å². The van der Waals surface area contributed by atoms with Gasteiger partial charge in [0.2, 0.25) is 5.91 Å². The lowest BCUT2D eigenvalue weighted by molar-refractivity contribution is -0.119. The molecule has 9 heteroatoms. The first-order valence-electron chi connectivity index (χ1n) is 13.3. The molecule has 3 aromatic rings. The number of aromatic nitrogens is 2. The van der Waals surface area contributed by atoms with Crippen molar-refractivity contribution in [1.82, 2.24) is 25.1 Å². The molecular formula is C29H39N5O4. The second kappa shape index (κ2) is 11.9. The van der Waals surface area contributed by atoms with Gasteiger partial charge in [0, 0.05) is 48.3 Å². The highest BCUT2D eigenvalue weighted by Gasteiger charge is 2.29. The van der Waals surface area contributed by atoms with E-state index < -0.39 is 0 Å². The van der Waals surface area contributed by atoms with Gasteiger partial charge in [-0.1, -0.05) is 18.2 Å². The summed E-state index contributed by atoms with van der Waals surface area (Å²) in [4.78, 5) is 42.4. The van der Waals surface area contributed by atoms with E-state index in [1.165, 1.54) is 7.11 Å². The minimum Gasteiger partial charge on any atom is -0.496 e. The average Bonchev–Trinajstić information content (AvgIpc) is 3.19. The van der Waals surface area contributed by atoms with Gasteiger partial charge < -0.3 is 29.8 Å². The van der Waals surface area contributed by atoms with E-state index in [1.54, 1.807) is 19.9 Å². The summed E-state index contributed by atoms with van der Waals surface area (Å²) in [6, 6.07) is 10.0. The SMILES string of the molecule is COc1cc(C)[nH]c(=O)c1CNC(=O)c1c(C)n(C(C)C2CCN(CCNC(C)=O)CC2)c2ccccc12. The molecule has 1 aliphatic heterocycles. The number of para-hydroxylation sites is 1. The normalized spacial score (nSPS) is 15.4. The quantitative estimate of drug-likeness (QED) is 0.401. The highest BCUT2D eigenvalue weighted by molar-refractivity contribution is 6.08. The molecule has 4 rings (SSSR count). The van der Waals surface area contributed by atoms with Gasteiger partial charge in [0.1, 0.15) is 5.75 Å². The van der Waals surface area contributed by atoms with E-state index in [0.29, 0.717) is 35.0 Å². The van der Waals surface area contributed by atoms with E-state index in [1.807, 2.05) is 25.1 Å². The topological polar surface area (TPSA) is 108 Å². The van der Waals surface area contributed by atoms with Crippen LogP contribution in [0.4, 0.5) is 0 Å². The summed E-state index contributed by atoms with van der Waals surface area (Å²) in [5.74, 6) is 0.739. The van der Waals surface area contributed by atoms with Gasteiger partial charge in [0.05, 0.1) is 24.8 Å². The van der Waals surface area contributed by atoms with Crippen molar-refractivity contribution in [1.29, 1.82) is 0 Å². The Balaban J connectivity index is 1.53. The number of likely N-dealkylation sites (tertiary alicyclic amines) is 1. The van der Waals surface area contributed by atoms with Crippen LogP contribution in [0.2, 0.25) is 0 Å². The van der Waals surface area contributed by atoms with Crippen LogP contribution < -0.4 is 20.9 Å². The van der Waals surface area contributed by atoms with Gasteiger partial charge in [0.15, 0.2) is 0 Å². The molecule has 1 aliphatic rings. The number of carbonyl (C=O) groups excluding carboxylic acids is 2. The Morgan fingerprint density at radius 3 is 2.55 bits per heavy atom.